The summed E-state index contributed by atoms with van der Waals surface area (Å²) in [6, 6.07) is 8.70. The van der Waals surface area contributed by atoms with Crippen molar-refractivity contribution in [2.24, 2.45) is 0 Å². The minimum atomic E-state index is -0.660. The van der Waals surface area contributed by atoms with E-state index in [-0.39, 0.29) is 24.5 Å². The number of fused-ring (bicyclic) bond motifs is 1. The lowest BCUT2D eigenvalue weighted by Gasteiger charge is -2.08. The lowest BCUT2D eigenvalue weighted by Crippen LogP contribution is -2.26. The van der Waals surface area contributed by atoms with E-state index in [1.54, 1.807) is 30.3 Å². The first-order valence-electron chi connectivity index (χ1n) is 8.72. The van der Waals surface area contributed by atoms with Crippen LogP contribution in [-0.4, -0.2) is 32.5 Å². The first kappa shape index (κ1) is 18.6. The largest absolute Gasteiger partial charge is 0.456 e. The molecule has 0 saturated carbocycles. The number of carbonyl (C=O) groups is 2. The summed E-state index contributed by atoms with van der Waals surface area (Å²) in [6.07, 6.45) is 1.31. The predicted octanol–water partition coefficient (Wildman–Crippen LogP) is 2.26. The van der Waals surface area contributed by atoms with E-state index in [0.29, 0.717) is 16.5 Å². The van der Waals surface area contributed by atoms with Gasteiger partial charge in [0.1, 0.15) is 6.54 Å². The molecule has 0 fully saturated rings. The first-order valence-corrected chi connectivity index (χ1v) is 8.72. The minimum absolute atomic E-state index is 0.264. The van der Waals surface area contributed by atoms with Crippen LogP contribution in [0.5, 0.6) is 0 Å². The summed E-state index contributed by atoms with van der Waals surface area (Å²) in [7, 11) is 0. The molecule has 3 aromatic rings. The predicted molar refractivity (Wildman–Crippen MR) is 101 cm³/mol. The standard InChI is InChI=1S/C20H21N3O4/c1-4-23-13(2)9-16(14(23)3)18(24)11-27-19(25)10-22-12-21-17-8-6-5-7-15(17)20(22)26/h5-9,12H,4,10-11H2,1-3H3. The van der Waals surface area contributed by atoms with Gasteiger partial charge >= 0.3 is 5.97 Å². The van der Waals surface area contributed by atoms with Crippen molar-refractivity contribution in [1.82, 2.24) is 14.1 Å². The molecule has 7 nitrogen and oxygen atoms in total. The van der Waals surface area contributed by atoms with Gasteiger partial charge in [-0.15, -0.1) is 0 Å². The van der Waals surface area contributed by atoms with Crippen molar-refractivity contribution >= 4 is 22.7 Å². The van der Waals surface area contributed by atoms with Crippen LogP contribution in [0.2, 0.25) is 0 Å². The molecule has 0 saturated heterocycles. The molecule has 2 heterocycles. The molecule has 1 aromatic carbocycles. The van der Waals surface area contributed by atoms with Crippen molar-refractivity contribution < 1.29 is 14.3 Å². The summed E-state index contributed by atoms with van der Waals surface area (Å²) < 4.78 is 8.28. The maximum absolute atomic E-state index is 12.4. The third-order valence-corrected chi connectivity index (χ3v) is 4.59. The first-order chi connectivity index (χ1) is 12.9. The van der Waals surface area contributed by atoms with Crippen LogP contribution in [0, 0.1) is 13.8 Å². The molecule has 0 radical (unpaired) electrons. The molecule has 0 aliphatic carbocycles. The van der Waals surface area contributed by atoms with Crippen molar-refractivity contribution in [3.05, 3.63) is 64.0 Å². The Kier molecular flexibility index (Phi) is 5.21. The number of Topliss-reactive ketones (excluding diaryl/α,β-unsaturated/α-hetero) is 1. The van der Waals surface area contributed by atoms with Gasteiger partial charge in [0.25, 0.3) is 5.56 Å². The van der Waals surface area contributed by atoms with Crippen LogP contribution in [0.3, 0.4) is 0 Å². The molecule has 0 unspecified atom stereocenters. The van der Waals surface area contributed by atoms with Gasteiger partial charge in [0, 0.05) is 23.5 Å². The van der Waals surface area contributed by atoms with Crippen molar-refractivity contribution in [1.29, 1.82) is 0 Å². The Labute approximate surface area is 156 Å². The van der Waals surface area contributed by atoms with E-state index in [2.05, 4.69) is 4.98 Å². The highest BCUT2D eigenvalue weighted by Gasteiger charge is 2.17. The molecule has 140 valence electrons. The molecule has 27 heavy (non-hydrogen) atoms. The lowest BCUT2D eigenvalue weighted by molar-refractivity contribution is -0.143. The summed E-state index contributed by atoms with van der Waals surface area (Å²) in [6.45, 7) is 5.91. The molecule has 0 N–H and O–H groups in total. The van der Waals surface area contributed by atoms with Gasteiger partial charge in [-0.3, -0.25) is 19.0 Å². The Bertz CT molecular complexity index is 1080. The van der Waals surface area contributed by atoms with Crippen LogP contribution in [0.1, 0.15) is 28.7 Å². The monoisotopic (exact) mass is 367 g/mol. The number of rotatable bonds is 6. The van der Waals surface area contributed by atoms with Crippen LogP contribution in [-0.2, 0) is 22.6 Å². The highest BCUT2D eigenvalue weighted by Crippen LogP contribution is 2.15. The van der Waals surface area contributed by atoms with Gasteiger partial charge in [-0.25, -0.2) is 4.98 Å². The van der Waals surface area contributed by atoms with E-state index in [1.165, 1.54) is 10.9 Å². The van der Waals surface area contributed by atoms with Crippen molar-refractivity contribution in [3.63, 3.8) is 0 Å². The molecule has 0 aliphatic heterocycles. The van der Waals surface area contributed by atoms with E-state index < -0.39 is 5.97 Å². The summed E-state index contributed by atoms with van der Waals surface area (Å²) >= 11 is 0. The average Bonchev–Trinajstić information content (AvgIpc) is 2.96. The van der Waals surface area contributed by atoms with Crippen LogP contribution in [0.4, 0.5) is 0 Å². The number of nitrogens with zero attached hydrogens (tertiary/aromatic N) is 3. The Morgan fingerprint density at radius 3 is 2.63 bits per heavy atom. The number of carbonyl (C=O) groups excluding carboxylic acids is 2. The lowest BCUT2D eigenvalue weighted by atomic mass is 10.1. The summed E-state index contributed by atoms with van der Waals surface area (Å²) in [5.74, 6) is -0.924. The van der Waals surface area contributed by atoms with Gasteiger partial charge in [0.05, 0.1) is 17.2 Å². The van der Waals surface area contributed by atoms with Crippen molar-refractivity contribution in [3.8, 4) is 0 Å². The Balaban J connectivity index is 1.67. The Hall–Kier alpha value is -3.22. The average molecular weight is 367 g/mol. The van der Waals surface area contributed by atoms with Gasteiger partial charge in [-0.05, 0) is 39.0 Å². The molecule has 2 aromatic heterocycles. The number of para-hydroxylation sites is 1. The number of hydrogen-bond acceptors (Lipinski definition) is 5. The third kappa shape index (κ3) is 3.67. The van der Waals surface area contributed by atoms with E-state index in [4.69, 9.17) is 4.74 Å². The number of esters is 1. The van der Waals surface area contributed by atoms with Gasteiger partial charge in [0.2, 0.25) is 5.78 Å². The Morgan fingerprint density at radius 2 is 1.93 bits per heavy atom. The van der Waals surface area contributed by atoms with E-state index in [0.717, 1.165) is 17.9 Å². The van der Waals surface area contributed by atoms with Crippen LogP contribution in [0.15, 0.2) is 41.5 Å². The number of aryl methyl sites for hydroxylation is 1. The quantitative estimate of drug-likeness (QED) is 0.493. The normalized spacial score (nSPS) is 10.9. The summed E-state index contributed by atoms with van der Waals surface area (Å²) in [5.41, 5.74) is 2.63. The van der Waals surface area contributed by atoms with E-state index in [1.807, 2.05) is 25.3 Å². The van der Waals surface area contributed by atoms with Gasteiger partial charge in [-0.2, -0.15) is 0 Å². The number of ether oxygens (including phenoxy) is 1. The second-order valence-electron chi connectivity index (χ2n) is 6.31. The Morgan fingerprint density at radius 1 is 1.19 bits per heavy atom. The number of ketones is 1. The second kappa shape index (κ2) is 7.57. The van der Waals surface area contributed by atoms with Gasteiger partial charge < -0.3 is 9.30 Å². The fraction of sp³-hybridized carbons (Fsp3) is 0.300. The fourth-order valence-electron chi connectivity index (χ4n) is 3.20. The summed E-state index contributed by atoms with van der Waals surface area (Å²) in [5, 5.41) is 0.427. The molecule has 3 rings (SSSR count). The smallest absolute Gasteiger partial charge is 0.326 e. The maximum Gasteiger partial charge on any atom is 0.326 e. The number of benzene rings is 1. The topological polar surface area (TPSA) is 83.2 Å². The zero-order valence-corrected chi connectivity index (χ0v) is 15.6. The molecule has 0 aliphatic rings. The second-order valence-corrected chi connectivity index (χ2v) is 6.31. The van der Waals surface area contributed by atoms with Crippen LogP contribution < -0.4 is 5.56 Å². The zero-order chi connectivity index (χ0) is 19.6. The molecule has 0 spiro atoms. The van der Waals surface area contributed by atoms with E-state index in [9.17, 15) is 14.4 Å². The van der Waals surface area contributed by atoms with Crippen molar-refractivity contribution in [2.75, 3.05) is 6.61 Å². The molecule has 0 atom stereocenters. The zero-order valence-electron chi connectivity index (χ0n) is 15.6. The van der Waals surface area contributed by atoms with Gasteiger partial charge in [0.15, 0.2) is 6.61 Å². The van der Waals surface area contributed by atoms with Crippen LogP contribution >= 0.6 is 0 Å². The van der Waals surface area contributed by atoms with Crippen LogP contribution in [0.25, 0.3) is 10.9 Å². The molecular formula is C20H21N3O4. The molecule has 0 amide bonds. The van der Waals surface area contributed by atoms with Gasteiger partial charge in [-0.1, -0.05) is 12.1 Å². The third-order valence-electron chi connectivity index (χ3n) is 4.59. The highest BCUT2D eigenvalue weighted by atomic mass is 16.5. The number of aromatic nitrogens is 3. The van der Waals surface area contributed by atoms with Crippen molar-refractivity contribution in [2.45, 2.75) is 33.9 Å². The maximum atomic E-state index is 12.4. The summed E-state index contributed by atoms with van der Waals surface area (Å²) in [4.78, 5) is 41.0. The highest BCUT2D eigenvalue weighted by molar-refractivity contribution is 5.99. The minimum Gasteiger partial charge on any atom is -0.456 e. The molecule has 0 bridgehead atoms. The molecular weight excluding hydrogens is 346 g/mol. The number of hydrogen-bond donors (Lipinski definition) is 0. The molecule has 7 heteroatoms. The fourth-order valence-corrected chi connectivity index (χ4v) is 3.20. The SMILES string of the molecule is CCn1c(C)cc(C(=O)COC(=O)Cn2cnc3ccccc3c2=O)c1C. The van der Waals surface area contributed by atoms with E-state index >= 15 is 0 Å².